The number of anilines is 2. The monoisotopic (exact) mass is 403 g/mol. The molecule has 1 unspecified atom stereocenters. The highest BCUT2D eigenvalue weighted by molar-refractivity contribution is 5.94. The second-order valence-electron chi connectivity index (χ2n) is 6.73. The maximum absolute atomic E-state index is 14.6. The number of hydrogen-bond donors (Lipinski definition) is 4. The van der Waals surface area contributed by atoms with Crippen LogP contribution in [0.4, 0.5) is 16.0 Å². The molecule has 29 heavy (non-hydrogen) atoms. The van der Waals surface area contributed by atoms with E-state index in [1.54, 1.807) is 18.5 Å². The van der Waals surface area contributed by atoms with E-state index in [4.69, 9.17) is 5.11 Å². The van der Waals surface area contributed by atoms with Crippen LogP contribution in [0.15, 0.2) is 36.7 Å². The molecule has 0 saturated carbocycles. The van der Waals surface area contributed by atoms with Crippen molar-refractivity contribution in [3.8, 4) is 0 Å². The molecule has 1 aromatic carbocycles. The van der Waals surface area contributed by atoms with Crippen LogP contribution in [0.25, 0.3) is 0 Å². The first-order chi connectivity index (χ1) is 13.9. The first-order valence-corrected chi connectivity index (χ1v) is 9.21. The maximum Gasteiger partial charge on any atom is 0.307 e. The zero-order valence-electron chi connectivity index (χ0n) is 15.6. The van der Waals surface area contributed by atoms with Crippen LogP contribution in [0, 0.1) is 5.82 Å². The Hall–Kier alpha value is -3.27. The number of carbonyl (C=O) groups excluding carboxylic acids is 1. The molecule has 0 bridgehead atoms. The van der Waals surface area contributed by atoms with Gasteiger partial charge in [0.25, 0.3) is 5.91 Å². The van der Waals surface area contributed by atoms with Gasteiger partial charge in [0.2, 0.25) is 5.95 Å². The fourth-order valence-corrected chi connectivity index (χ4v) is 3.18. The summed E-state index contributed by atoms with van der Waals surface area (Å²) in [5, 5.41) is 23.5. The number of nitrogens with zero attached hydrogens (tertiary/aromatic N) is 3. The van der Waals surface area contributed by atoms with E-state index in [0.29, 0.717) is 24.7 Å². The Bertz CT molecular complexity index is 859. The molecule has 0 aliphatic carbocycles. The lowest BCUT2D eigenvalue weighted by molar-refractivity contribution is -0.139. The number of rotatable bonds is 7. The molecule has 2 aromatic rings. The average molecular weight is 403 g/mol. The third kappa shape index (κ3) is 5.61. The van der Waals surface area contributed by atoms with Crippen LogP contribution in [0.5, 0.6) is 0 Å². The highest BCUT2D eigenvalue weighted by Gasteiger charge is 2.23. The Kier molecular flexibility index (Phi) is 6.55. The number of amides is 1. The van der Waals surface area contributed by atoms with Gasteiger partial charge in [0.15, 0.2) is 0 Å². The maximum atomic E-state index is 14.6. The van der Waals surface area contributed by atoms with E-state index >= 15 is 0 Å². The van der Waals surface area contributed by atoms with Gasteiger partial charge in [-0.15, -0.1) is 0 Å². The van der Waals surface area contributed by atoms with E-state index in [2.05, 4.69) is 20.6 Å². The Labute approximate surface area is 166 Å². The van der Waals surface area contributed by atoms with Crippen molar-refractivity contribution in [2.24, 2.45) is 0 Å². The van der Waals surface area contributed by atoms with Crippen LogP contribution in [-0.2, 0) is 4.79 Å². The van der Waals surface area contributed by atoms with Crippen molar-refractivity contribution >= 4 is 23.5 Å². The minimum atomic E-state index is -1.54. The zero-order valence-corrected chi connectivity index (χ0v) is 15.6. The summed E-state index contributed by atoms with van der Waals surface area (Å²) in [4.78, 5) is 32.8. The van der Waals surface area contributed by atoms with E-state index in [9.17, 15) is 19.1 Å². The Morgan fingerprint density at radius 2 is 1.93 bits per heavy atom. The number of halogens is 1. The molecule has 2 heterocycles. The van der Waals surface area contributed by atoms with Crippen molar-refractivity contribution in [3.63, 3.8) is 0 Å². The van der Waals surface area contributed by atoms with Gasteiger partial charge >= 0.3 is 5.97 Å². The first-order valence-electron chi connectivity index (χ1n) is 9.21. The van der Waals surface area contributed by atoms with Crippen LogP contribution in [0.1, 0.15) is 29.6 Å². The molecular weight excluding hydrogens is 381 g/mol. The third-order valence-corrected chi connectivity index (χ3v) is 4.61. The molecule has 9 nitrogen and oxygen atoms in total. The summed E-state index contributed by atoms with van der Waals surface area (Å²) in [5.74, 6) is -1.98. The van der Waals surface area contributed by atoms with Gasteiger partial charge in [0.05, 0.1) is 12.1 Å². The zero-order chi connectivity index (χ0) is 20.8. The van der Waals surface area contributed by atoms with Gasteiger partial charge in [-0.25, -0.2) is 14.4 Å². The Balaban J connectivity index is 1.57. The number of hydrogen-bond acceptors (Lipinski definition) is 7. The second kappa shape index (κ2) is 9.28. The normalized spacial score (nSPS) is 15.6. The molecule has 1 amide bonds. The minimum Gasteiger partial charge on any atom is -0.481 e. The molecule has 1 aliphatic heterocycles. The van der Waals surface area contributed by atoms with Gasteiger partial charge < -0.3 is 25.7 Å². The summed E-state index contributed by atoms with van der Waals surface area (Å²) >= 11 is 0. The number of aliphatic carboxylic acids is 1. The fourth-order valence-electron chi connectivity index (χ4n) is 3.18. The molecule has 0 radical (unpaired) electrons. The van der Waals surface area contributed by atoms with Gasteiger partial charge in [0, 0.05) is 37.1 Å². The molecule has 1 atom stereocenters. The van der Waals surface area contributed by atoms with Crippen LogP contribution >= 0.6 is 0 Å². The van der Waals surface area contributed by atoms with Gasteiger partial charge in [-0.3, -0.25) is 9.59 Å². The lowest BCUT2D eigenvalue weighted by Crippen LogP contribution is -2.40. The van der Waals surface area contributed by atoms with Crippen molar-refractivity contribution in [1.29, 1.82) is 0 Å². The highest BCUT2D eigenvalue weighted by atomic mass is 19.1. The van der Waals surface area contributed by atoms with E-state index < -0.39 is 30.3 Å². The molecule has 4 N–H and O–H groups in total. The highest BCUT2D eigenvalue weighted by Crippen LogP contribution is 2.25. The molecule has 154 valence electrons. The summed E-state index contributed by atoms with van der Waals surface area (Å²) < 4.78 is 14.6. The van der Waals surface area contributed by atoms with Gasteiger partial charge in [0.1, 0.15) is 12.0 Å². The number of aliphatic hydroxyl groups excluding tert-OH is 1. The topological polar surface area (TPSA) is 128 Å². The van der Waals surface area contributed by atoms with Crippen molar-refractivity contribution < 1.29 is 24.2 Å². The molecule has 1 fully saturated rings. The summed E-state index contributed by atoms with van der Waals surface area (Å²) in [6.45, 7) is 1.26. The predicted molar refractivity (Wildman–Crippen MR) is 103 cm³/mol. The van der Waals surface area contributed by atoms with Crippen molar-refractivity contribution in [2.75, 3.05) is 23.3 Å². The van der Waals surface area contributed by atoms with Gasteiger partial charge in [-0.05, 0) is 37.1 Å². The molecule has 1 aliphatic rings. The summed E-state index contributed by atoms with van der Waals surface area (Å²) in [6, 6.07) is 5.98. The number of carboxylic acids is 1. The smallest absolute Gasteiger partial charge is 0.307 e. The first kappa shape index (κ1) is 20.5. The van der Waals surface area contributed by atoms with E-state index in [0.717, 1.165) is 18.9 Å². The average Bonchev–Trinajstić information content (AvgIpc) is 2.69. The molecule has 1 saturated heterocycles. The van der Waals surface area contributed by atoms with Crippen LogP contribution in [0.3, 0.4) is 0 Å². The number of benzene rings is 1. The molecule has 0 spiro atoms. The van der Waals surface area contributed by atoms with Crippen molar-refractivity contribution in [3.05, 3.63) is 48.0 Å². The number of carbonyl (C=O) groups is 2. The predicted octanol–water partition coefficient (Wildman–Crippen LogP) is 1.22. The number of aromatic nitrogens is 2. The second-order valence-corrected chi connectivity index (χ2v) is 6.73. The van der Waals surface area contributed by atoms with Gasteiger partial charge in [-0.2, -0.15) is 0 Å². The van der Waals surface area contributed by atoms with E-state index in [1.165, 1.54) is 12.1 Å². The Morgan fingerprint density at radius 1 is 1.24 bits per heavy atom. The summed E-state index contributed by atoms with van der Waals surface area (Å²) in [7, 11) is 0. The van der Waals surface area contributed by atoms with Crippen molar-refractivity contribution in [2.45, 2.75) is 31.5 Å². The largest absolute Gasteiger partial charge is 0.481 e. The molecule has 3 rings (SSSR count). The van der Waals surface area contributed by atoms with E-state index in [-0.39, 0.29) is 11.6 Å². The number of piperidine rings is 1. The number of aliphatic hydroxyl groups is 1. The number of carboxylic acid groups (broad SMARTS) is 1. The molecular formula is C19H22FN5O4. The summed E-state index contributed by atoms with van der Waals surface area (Å²) in [5.41, 5.74) is 0.399. The Morgan fingerprint density at radius 3 is 2.55 bits per heavy atom. The van der Waals surface area contributed by atoms with Crippen LogP contribution in [0.2, 0.25) is 0 Å². The van der Waals surface area contributed by atoms with Crippen molar-refractivity contribution in [1.82, 2.24) is 15.3 Å². The fraction of sp³-hybridized carbons (Fsp3) is 0.368. The van der Waals surface area contributed by atoms with Crippen LogP contribution < -0.4 is 15.5 Å². The van der Waals surface area contributed by atoms with Crippen LogP contribution in [-0.4, -0.2) is 57.4 Å². The van der Waals surface area contributed by atoms with E-state index in [1.807, 2.05) is 4.90 Å². The lowest BCUT2D eigenvalue weighted by Gasteiger charge is -2.34. The standard InChI is InChI=1S/C19H22FN5O4/c20-14-10-12(18(29)24-16(26)11-17(27)28)2-3-15(14)25-8-4-13(5-9-25)23-19-21-6-1-7-22-19/h1-3,6-7,10,13,16,26H,4-5,8-9,11H2,(H,24,29)(H,27,28)(H,21,22,23). The quantitative estimate of drug-likeness (QED) is 0.508. The minimum absolute atomic E-state index is 0.00784. The summed E-state index contributed by atoms with van der Waals surface area (Å²) in [6.07, 6.45) is 2.71. The number of nitrogens with one attached hydrogen (secondary N) is 2. The molecule has 10 heteroatoms. The molecule has 1 aromatic heterocycles. The lowest BCUT2D eigenvalue weighted by atomic mass is 10.0. The SMILES string of the molecule is O=C(O)CC(O)NC(=O)c1ccc(N2CCC(Nc3ncccn3)CC2)c(F)c1. The third-order valence-electron chi connectivity index (χ3n) is 4.61. The van der Waals surface area contributed by atoms with Gasteiger partial charge in [-0.1, -0.05) is 0 Å².